The van der Waals surface area contributed by atoms with E-state index < -0.39 is 11.6 Å². The van der Waals surface area contributed by atoms with Crippen molar-refractivity contribution in [2.75, 3.05) is 13.1 Å². The van der Waals surface area contributed by atoms with Gasteiger partial charge in [-0.2, -0.15) is 0 Å². The molecular weight excluding hydrogens is 222 g/mol. The van der Waals surface area contributed by atoms with E-state index in [1.807, 2.05) is 0 Å². The molecule has 1 heterocycles. The Balaban J connectivity index is 2.52. The molecule has 94 valence electrons. The fourth-order valence-corrected chi connectivity index (χ4v) is 1.47. The lowest BCUT2D eigenvalue weighted by Crippen LogP contribution is -2.43. The second kappa shape index (κ2) is 4.99. The molecule has 1 saturated heterocycles. The second-order valence-electron chi connectivity index (χ2n) is 4.37. The molecule has 0 aliphatic carbocycles. The maximum atomic E-state index is 11.7. The van der Waals surface area contributed by atoms with Crippen LogP contribution in [0.2, 0.25) is 0 Å². The Morgan fingerprint density at radius 1 is 1.53 bits per heavy atom. The number of hydrogen-bond donors (Lipinski definition) is 2. The Morgan fingerprint density at radius 3 is 2.65 bits per heavy atom. The third-order valence-electron chi connectivity index (χ3n) is 2.42. The molecule has 6 nitrogen and oxygen atoms in total. The number of imide groups is 1. The summed E-state index contributed by atoms with van der Waals surface area (Å²) in [5, 5.41) is 5.10. The maximum Gasteiger partial charge on any atom is 0.325 e. The van der Waals surface area contributed by atoms with E-state index in [1.54, 1.807) is 19.9 Å². The summed E-state index contributed by atoms with van der Waals surface area (Å²) in [4.78, 5) is 35.6. The normalized spacial score (nSPS) is 17.9. The Morgan fingerprint density at radius 2 is 2.18 bits per heavy atom. The second-order valence-corrected chi connectivity index (χ2v) is 4.37. The highest BCUT2D eigenvalue weighted by Gasteiger charge is 2.44. The lowest BCUT2D eigenvalue weighted by Gasteiger charge is -2.15. The van der Waals surface area contributed by atoms with E-state index in [4.69, 9.17) is 0 Å². The zero-order valence-corrected chi connectivity index (χ0v) is 10.1. The van der Waals surface area contributed by atoms with Gasteiger partial charge in [-0.25, -0.2) is 4.79 Å². The van der Waals surface area contributed by atoms with Crippen molar-refractivity contribution >= 4 is 17.8 Å². The lowest BCUT2D eigenvalue weighted by molar-refractivity contribution is -0.134. The molecule has 0 spiro atoms. The van der Waals surface area contributed by atoms with Gasteiger partial charge in [0.05, 0.1) is 0 Å². The zero-order chi connectivity index (χ0) is 13.1. The number of nitrogens with zero attached hydrogens (tertiary/aromatic N) is 1. The number of amides is 4. The van der Waals surface area contributed by atoms with Crippen molar-refractivity contribution in [1.82, 2.24) is 15.5 Å². The molecule has 0 aromatic rings. The number of rotatable bonds is 5. The molecule has 1 aliphatic rings. The standard InChI is InChI=1S/C11H17N3O3/c1-4-5-6-12-8(15)7-14-9(16)11(2,3)13-10(14)17/h4H,1,5-7H2,2-3H3,(H,12,15)(H,13,17). The summed E-state index contributed by atoms with van der Waals surface area (Å²) in [6.07, 6.45) is 2.33. The van der Waals surface area contributed by atoms with Crippen molar-refractivity contribution in [2.45, 2.75) is 25.8 Å². The van der Waals surface area contributed by atoms with E-state index in [0.717, 1.165) is 4.90 Å². The minimum atomic E-state index is -0.932. The van der Waals surface area contributed by atoms with Crippen molar-refractivity contribution in [1.29, 1.82) is 0 Å². The van der Waals surface area contributed by atoms with Gasteiger partial charge in [0.25, 0.3) is 5.91 Å². The molecule has 1 fully saturated rings. The van der Waals surface area contributed by atoms with Crippen molar-refractivity contribution in [3.63, 3.8) is 0 Å². The molecule has 6 heteroatoms. The molecule has 0 saturated carbocycles. The molecular formula is C11H17N3O3. The fourth-order valence-electron chi connectivity index (χ4n) is 1.47. The van der Waals surface area contributed by atoms with Gasteiger partial charge >= 0.3 is 6.03 Å². The summed E-state index contributed by atoms with van der Waals surface area (Å²) in [5.74, 6) is -0.741. The monoisotopic (exact) mass is 239 g/mol. The molecule has 0 radical (unpaired) electrons. The predicted molar refractivity (Wildman–Crippen MR) is 62.1 cm³/mol. The lowest BCUT2D eigenvalue weighted by atomic mass is 10.1. The molecule has 2 N–H and O–H groups in total. The molecule has 0 unspecified atom stereocenters. The number of hydrogen-bond acceptors (Lipinski definition) is 3. The highest BCUT2D eigenvalue weighted by molar-refractivity contribution is 6.08. The van der Waals surface area contributed by atoms with Crippen LogP contribution >= 0.6 is 0 Å². The van der Waals surface area contributed by atoms with Crippen LogP contribution in [0, 0.1) is 0 Å². The molecule has 0 aromatic carbocycles. The Bertz CT molecular complexity index is 363. The van der Waals surface area contributed by atoms with Gasteiger partial charge in [0.1, 0.15) is 12.1 Å². The molecule has 0 aromatic heterocycles. The van der Waals surface area contributed by atoms with Crippen molar-refractivity contribution in [2.24, 2.45) is 0 Å². The van der Waals surface area contributed by atoms with Crippen LogP contribution in [0.5, 0.6) is 0 Å². The summed E-state index contributed by atoms with van der Waals surface area (Å²) in [6.45, 7) is 6.93. The molecule has 4 amide bonds. The smallest absolute Gasteiger partial charge is 0.325 e. The third kappa shape index (κ3) is 3.05. The zero-order valence-electron chi connectivity index (χ0n) is 10.1. The summed E-state index contributed by atoms with van der Waals surface area (Å²) in [7, 11) is 0. The topological polar surface area (TPSA) is 78.5 Å². The van der Waals surface area contributed by atoms with Crippen LogP contribution in [0.1, 0.15) is 20.3 Å². The molecule has 1 aliphatic heterocycles. The van der Waals surface area contributed by atoms with Gasteiger partial charge in [-0.3, -0.25) is 14.5 Å². The van der Waals surface area contributed by atoms with E-state index in [-0.39, 0.29) is 18.4 Å². The van der Waals surface area contributed by atoms with E-state index in [1.165, 1.54) is 0 Å². The van der Waals surface area contributed by atoms with E-state index in [9.17, 15) is 14.4 Å². The van der Waals surface area contributed by atoms with Crippen LogP contribution in [0.25, 0.3) is 0 Å². The minimum Gasteiger partial charge on any atom is -0.354 e. The number of carbonyl (C=O) groups is 3. The van der Waals surface area contributed by atoms with Crippen molar-refractivity contribution in [3.05, 3.63) is 12.7 Å². The van der Waals surface area contributed by atoms with E-state index in [2.05, 4.69) is 17.2 Å². The number of urea groups is 1. The predicted octanol–water partition coefficient (Wildman–Crippen LogP) is 0.00910. The average molecular weight is 239 g/mol. The highest BCUT2D eigenvalue weighted by Crippen LogP contribution is 2.15. The molecule has 0 atom stereocenters. The Labute approximate surface area is 100 Å². The van der Waals surface area contributed by atoms with Gasteiger partial charge in [0.15, 0.2) is 0 Å². The largest absolute Gasteiger partial charge is 0.354 e. The van der Waals surface area contributed by atoms with Gasteiger partial charge in [-0.05, 0) is 20.3 Å². The van der Waals surface area contributed by atoms with Gasteiger partial charge in [0.2, 0.25) is 5.91 Å². The van der Waals surface area contributed by atoms with Crippen molar-refractivity contribution < 1.29 is 14.4 Å². The summed E-state index contributed by atoms with van der Waals surface area (Å²) >= 11 is 0. The van der Waals surface area contributed by atoms with Gasteiger partial charge in [-0.15, -0.1) is 6.58 Å². The first kappa shape index (κ1) is 13.2. The van der Waals surface area contributed by atoms with Crippen molar-refractivity contribution in [3.8, 4) is 0 Å². The third-order valence-corrected chi connectivity index (χ3v) is 2.42. The first-order valence-electron chi connectivity index (χ1n) is 5.40. The Kier molecular flexibility index (Phi) is 3.88. The summed E-state index contributed by atoms with van der Waals surface area (Å²) in [5.41, 5.74) is -0.932. The van der Waals surface area contributed by atoms with Crippen LogP contribution in [-0.2, 0) is 9.59 Å². The first-order valence-corrected chi connectivity index (χ1v) is 5.40. The summed E-state index contributed by atoms with van der Waals surface area (Å²) in [6, 6.07) is -0.529. The average Bonchev–Trinajstić information content (AvgIpc) is 2.41. The maximum absolute atomic E-state index is 11.7. The number of nitrogens with one attached hydrogen (secondary N) is 2. The van der Waals surface area contributed by atoms with Crippen LogP contribution < -0.4 is 10.6 Å². The van der Waals surface area contributed by atoms with Crippen LogP contribution in [-0.4, -0.2) is 41.4 Å². The SMILES string of the molecule is C=CCCNC(=O)CN1C(=O)NC(C)(C)C1=O. The quantitative estimate of drug-likeness (QED) is 0.403. The first-order chi connectivity index (χ1) is 7.88. The Hall–Kier alpha value is -1.85. The van der Waals surface area contributed by atoms with E-state index in [0.29, 0.717) is 13.0 Å². The molecule has 0 bridgehead atoms. The van der Waals surface area contributed by atoms with E-state index >= 15 is 0 Å². The fraction of sp³-hybridized carbons (Fsp3) is 0.545. The van der Waals surface area contributed by atoms with Gasteiger partial charge in [-0.1, -0.05) is 6.08 Å². The van der Waals surface area contributed by atoms with Crippen LogP contribution in [0.15, 0.2) is 12.7 Å². The molecule has 1 rings (SSSR count). The van der Waals surface area contributed by atoms with Crippen LogP contribution in [0.3, 0.4) is 0 Å². The van der Waals surface area contributed by atoms with Gasteiger partial charge < -0.3 is 10.6 Å². The highest BCUT2D eigenvalue weighted by atomic mass is 16.2. The minimum absolute atomic E-state index is 0.245. The van der Waals surface area contributed by atoms with Gasteiger partial charge in [0, 0.05) is 6.54 Å². The molecule has 17 heavy (non-hydrogen) atoms. The number of carbonyl (C=O) groups excluding carboxylic acids is 3. The van der Waals surface area contributed by atoms with Crippen LogP contribution in [0.4, 0.5) is 4.79 Å². The summed E-state index contributed by atoms with van der Waals surface area (Å²) < 4.78 is 0.